The molecule has 3 heterocycles. The fourth-order valence-corrected chi connectivity index (χ4v) is 2.37. The minimum absolute atomic E-state index is 0.253. The number of rotatable bonds is 1. The van der Waals surface area contributed by atoms with Crippen molar-refractivity contribution in [2.75, 3.05) is 26.3 Å². The van der Waals surface area contributed by atoms with Crippen LogP contribution in [0.2, 0.25) is 0 Å². The molecule has 0 saturated carbocycles. The molecule has 1 N–H and O–H groups in total. The SMILES string of the molecule is O=C(C1CNC1)N1[C@H]2COC[C@H]1C2. The molecule has 3 fully saturated rings. The number of carbonyl (C=O) groups excluding carboxylic acids is 1. The van der Waals surface area contributed by atoms with Crippen LogP contribution in [0, 0.1) is 5.92 Å². The van der Waals surface area contributed by atoms with E-state index in [-0.39, 0.29) is 5.92 Å². The largest absolute Gasteiger partial charge is 0.377 e. The molecule has 0 aliphatic carbocycles. The average molecular weight is 182 g/mol. The van der Waals surface area contributed by atoms with Gasteiger partial charge < -0.3 is 15.0 Å². The molecule has 0 aromatic carbocycles. The minimum Gasteiger partial charge on any atom is -0.377 e. The van der Waals surface area contributed by atoms with Crippen molar-refractivity contribution in [3.63, 3.8) is 0 Å². The van der Waals surface area contributed by atoms with Gasteiger partial charge in [0.2, 0.25) is 5.91 Å². The van der Waals surface area contributed by atoms with Crippen molar-refractivity contribution >= 4 is 5.91 Å². The van der Waals surface area contributed by atoms with Crippen LogP contribution in [0.5, 0.6) is 0 Å². The zero-order chi connectivity index (χ0) is 8.84. The van der Waals surface area contributed by atoms with Crippen molar-refractivity contribution < 1.29 is 9.53 Å². The Morgan fingerprint density at radius 3 is 2.46 bits per heavy atom. The third-order valence-corrected chi connectivity index (χ3v) is 3.34. The fraction of sp³-hybridized carbons (Fsp3) is 0.889. The first-order chi connectivity index (χ1) is 6.36. The van der Waals surface area contributed by atoms with Gasteiger partial charge in [-0.15, -0.1) is 0 Å². The van der Waals surface area contributed by atoms with E-state index in [2.05, 4.69) is 10.2 Å². The lowest BCUT2D eigenvalue weighted by Gasteiger charge is -2.54. The monoisotopic (exact) mass is 182 g/mol. The molecular weight excluding hydrogens is 168 g/mol. The molecule has 4 heteroatoms. The summed E-state index contributed by atoms with van der Waals surface area (Å²) in [6, 6.07) is 0.790. The molecule has 0 aromatic rings. The third-order valence-electron chi connectivity index (χ3n) is 3.34. The van der Waals surface area contributed by atoms with Gasteiger partial charge in [0.1, 0.15) is 0 Å². The quantitative estimate of drug-likeness (QED) is 0.577. The summed E-state index contributed by atoms with van der Waals surface area (Å²) in [4.78, 5) is 13.9. The number of hydrogen-bond donors (Lipinski definition) is 1. The van der Waals surface area contributed by atoms with E-state index in [9.17, 15) is 4.79 Å². The summed E-state index contributed by atoms with van der Waals surface area (Å²) in [6.07, 6.45) is 1.16. The Kier molecular flexibility index (Phi) is 1.60. The fourth-order valence-electron chi connectivity index (χ4n) is 2.37. The Morgan fingerprint density at radius 1 is 1.31 bits per heavy atom. The normalized spacial score (nSPS) is 38.0. The summed E-state index contributed by atoms with van der Waals surface area (Å²) >= 11 is 0. The highest BCUT2D eigenvalue weighted by atomic mass is 16.5. The minimum atomic E-state index is 0.253. The molecule has 0 radical (unpaired) electrons. The van der Waals surface area contributed by atoms with Gasteiger partial charge in [-0.25, -0.2) is 0 Å². The highest BCUT2D eigenvalue weighted by Gasteiger charge is 2.47. The van der Waals surface area contributed by atoms with Gasteiger partial charge in [0.05, 0.1) is 31.2 Å². The van der Waals surface area contributed by atoms with Crippen molar-refractivity contribution in [2.45, 2.75) is 18.5 Å². The highest BCUT2D eigenvalue weighted by molar-refractivity contribution is 5.81. The van der Waals surface area contributed by atoms with Crippen LogP contribution in [0.25, 0.3) is 0 Å². The molecule has 2 bridgehead atoms. The predicted octanol–water partition coefficient (Wildman–Crippen LogP) is -0.794. The Hall–Kier alpha value is -0.610. The number of morpholine rings is 1. The molecule has 0 spiro atoms. The lowest BCUT2D eigenvalue weighted by atomic mass is 9.88. The molecule has 3 rings (SSSR count). The summed E-state index contributed by atoms with van der Waals surface area (Å²) in [5.74, 6) is 0.603. The molecular formula is C9H14N2O2. The van der Waals surface area contributed by atoms with Gasteiger partial charge in [-0.2, -0.15) is 0 Å². The van der Waals surface area contributed by atoms with Crippen molar-refractivity contribution in [1.29, 1.82) is 0 Å². The molecule has 13 heavy (non-hydrogen) atoms. The first-order valence-corrected chi connectivity index (χ1v) is 4.97. The van der Waals surface area contributed by atoms with E-state index >= 15 is 0 Å². The molecule has 0 unspecified atom stereocenters. The smallest absolute Gasteiger partial charge is 0.228 e. The third kappa shape index (κ3) is 1.02. The Bertz CT molecular complexity index is 226. The summed E-state index contributed by atoms with van der Waals surface area (Å²) < 4.78 is 5.33. The standard InChI is InChI=1S/C9H14N2O2/c12-9(6-2-10-3-6)11-7-1-8(11)5-13-4-7/h6-8,10H,1-5H2/t7-,8-/m1/s1. The van der Waals surface area contributed by atoms with Crippen molar-refractivity contribution in [3.05, 3.63) is 0 Å². The lowest BCUT2D eigenvalue weighted by Crippen LogP contribution is -2.68. The molecule has 72 valence electrons. The van der Waals surface area contributed by atoms with Crippen LogP contribution in [0.1, 0.15) is 6.42 Å². The second kappa shape index (κ2) is 2.69. The van der Waals surface area contributed by atoms with Crippen LogP contribution in [0.3, 0.4) is 0 Å². The van der Waals surface area contributed by atoms with E-state index < -0.39 is 0 Å². The van der Waals surface area contributed by atoms with E-state index in [1.165, 1.54) is 0 Å². The van der Waals surface area contributed by atoms with Crippen molar-refractivity contribution in [3.8, 4) is 0 Å². The zero-order valence-corrected chi connectivity index (χ0v) is 7.53. The van der Waals surface area contributed by atoms with Gasteiger partial charge in [-0.05, 0) is 6.42 Å². The molecule has 2 atom stereocenters. The summed E-state index contributed by atoms with van der Waals surface area (Å²) in [5.41, 5.74) is 0. The predicted molar refractivity (Wildman–Crippen MR) is 46.2 cm³/mol. The lowest BCUT2D eigenvalue weighted by molar-refractivity contribution is -0.173. The molecule has 0 aromatic heterocycles. The molecule has 3 aliphatic rings. The maximum atomic E-state index is 11.9. The number of nitrogens with one attached hydrogen (secondary N) is 1. The van der Waals surface area contributed by atoms with E-state index in [0.29, 0.717) is 18.0 Å². The average Bonchev–Trinajstić information content (AvgIpc) is 2.01. The van der Waals surface area contributed by atoms with Crippen LogP contribution in [0.4, 0.5) is 0 Å². The number of ether oxygens (including phenoxy) is 1. The van der Waals surface area contributed by atoms with E-state index in [1.54, 1.807) is 0 Å². The number of carbonyl (C=O) groups is 1. The van der Waals surface area contributed by atoms with Gasteiger partial charge in [-0.3, -0.25) is 4.79 Å². The van der Waals surface area contributed by atoms with Gasteiger partial charge in [0.15, 0.2) is 0 Å². The van der Waals surface area contributed by atoms with Crippen LogP contribution in [0.15, 0.2) is 0 Å². The summed E-state index contributed by atoms with van der Waals surface area (Å²) in [7, 11) is 0. The van der Waals surface area contributed by atoms with Crippen LogP contribution < -0.4 is 5.32 Å². The van der Waals surface area contributed by atoms with Gasteiger partial charge in [-0.1, -0.05) is 0 Å². The first-order valence-electron chi connectivity index (χ1n) is 4.97. The molecule has 3 aliphatic heterocycles. The van der Waals surface area contributed by atoms with Gasteiger partial charge in [0, 0.05) is 13.1 Å². The summed E-state index contributed by atoms with van der Waals surface area (Å²) in [5, 5.41) is 3.13. The maximum Gasteiger partial charge on any atom is 0.228 e. The second-order valence-corrected chi connectivity index (χ2v) is 4.18. The van der Waals surface area contributed by atoms with E-state index in [1.807, 2.05) is 0 Å². The number of amides is 1. The van der Waals surface area contributed by atoms with Crippen molar-refractivity contribution in [2.24, 2.45) is 5.92 Å². The second-order valence-electron chi connectivity index (χ2n) is 4.18. The van der Waals surface area contributed by atoms with Crippen LogP contribution in [-0.4, -0.2) is 49.2 Å². The number of fused-ring (bicyclic) bond motifs is 2. The number of hydrogen-bond acceptors (Lipinski definition) is 3. The topological polar surface area (TPSA) is 41.6 Å². The molecule has 1 amide bonds. The number of nitrogens with zero attached hydrogens (tertiary/aromatic N) is 1. The first kappa shape index (κ1) is 7.76. The highest BCUT2D eigenvalue weighted by Crippen LogP contribution is 2.32. The van der Waals surface area contributed by atoms with Crippen molar-refractivity contribution in [1.82, 2.24) is 10.2 Å². The Labute approximate surface area is 77.2 Å². The molecule has 4 nitrogen and oxygen atoms in total. The Morgan fingerprint density at radius 2 is 2.00 bits per heavy atom. The van der Waals surface area contributed by atoms with E-state index in [4.69, 9.17) is 4.74 Å². The zero-order valence-electron chi connectivity index (χ0n) is 7.53. The van der Waals surface area contributed by atoms with Gasteiger partial charge >= 0.3 is 0 Å². The van der Waals surface area contributed by atoms with Gasteiger partial charge in [0.25, 0.3) is 0 Å². The van der Waals surface area contributed by atoms with Crippen LogP contribution >= 0.6 is 0 Å². The molecule has 3 saturated heterocycles. The van der Waals surface area contributed by atoms with Crippen LogP contribution in [-0.2, 0) is 9.53 Å². The Balaban J connectivity index is 1.68. The summed E-state index contributed by atoms with van der Waals surface area (Å²) in [6.45, 7) is 3.25. The maximum absolute atomic E-state index is 11.9. The van der Waals surface area contributed by atoms with E-state index in [0.717, 1.165) is 32.7 Å².